The van der Waals surface area contributed by atoms with Gasteiger partial charge in [0.1, 0.15) is 0 Å². The van der Waals surface area contributed by atoms with Crippen molar-refractivity contribution in [2.45, 2.75) is 20.8 Å². The van der Waals surface area contributed by atoms with Crippen LogP contribution in [0.2, 0.25) is 0 Å². The van der Waals surface area contributed by atoms with E-state index in [0.717, 1.165) is 24.2 Å². The average Bonchev–Trinajstić information content (AvgIpc) is 2.31. The fourth-order valence-corrected chi connectivity index (χ4v) is 1.58. The van der Waals surface area contributed by atoms with E-state index in [1.165, 1.54) is 0 Å². The third-order valence-electron chi connectivity index (χ3n) is 2.59. The topological polar surface area (TPSA) is 20.3 Å². The minimum atomic E-state index is 0.109. The smallest absolute Gasteiger partial charge is 0.161 e. The maximum Gasteiger partial charge on any atom is 0.161 e. The van der Waals surface area contributed by atoms with Crippen LogP contribution in [0.25, 0.3) is 5.57 Å². The van der Waals surface area contributed by atoms with Crippen LogP contribution in [0, 0.1) is 0 Å². The molecule has 0 fully saturated rings. The summed E-state index contributed by atoms with van der Waals surface area (Å²) in [7, 11) is 0. The molecule has 0 bridgehead atoms. The molecule has 0 saturated carbocycles. The predicted octanol–water partition coefficient (Wildman–Crippen LogP) is 2.96. The van der Waals surface area contributed by atoms with E-state index in [0.29, 0.717) is 0 Å². The molecule has 0 atom stereocenters. The van der Waals surface area contributed by atoms with Gasteiger partial charge in [0.05, 0.1) is 0 Å². The number of nitrogens with zero attached hydrogens (tertiary/aromatic N) is 1. The monoisotopic (exact) mass is 217 g/mol. The molecule has 0 spiro atoms. The van der Waals surface area contributed by atoms with Gasteiger partial charge in [0.25, 0.3) is 0 Å². The summed E-state index contributed by atoms with van der Waals surface area (Å²) >= 11 is 0. The Balaban J connectivity index is 3.05. The molecule has 0 aliphatic rings. The van der Waals surface area contributed by atoms with Crippen molar-refractivity contribution in [1.29, 1.82) is 0 Å². The van der Waals surface area contributed by atoms with Crippen LogP contribution >= 0.6 is 0 Å². The molecule has 2 nitrogen and oxygen atoms in total. The SMILES string of the molecule is CCN(C=C(C(C)=O)c1ccccc1)CC. The number of allylic oxidation sites excluding steroid dienone is 1. The number of benzene rings is 1. The van der Waals surface area contributed by atoms with Crippen molar-refractivity contribution in [2.24, 2.45) is 0 Å². The van der Waals surface area contributed by atoms with Crippen LogP contribution in [-0.2, 0) is 4.79 Å². The van der Waals surface area contributed by atoms with Crippen LogP contribution in [-0.4, -0.2) is 23.8 Å². The minimum Gasteiger partial charge on any atom is -0.377 e. The normalized spacial score (nSPS) is 11.3. The molecule has 2 heteroatoms. The lowest BCUT2D eigenvalue weighted by Crippen LogP contribution is -2.17. The van der Waals surface area contributed by atoms with Gasteiger partial charge in [0, 0.05) is 24.9 Å². The number of carbonyl (C=O) groups excluding carboxylic acids is 1. The number of hydrogen-bond donors (Lipinski definition) is 0. The van der Waals surface area contributed by atoms with Gasteiger partial charge in [-0.05, 0) is 26.3 Å². The highest BCUT2D eigenvalue weighted by Gasteiger charge is 2.07. The molecule has 1 aromatic rings. The van der Waals surface area contributed by atoms with Gasteiger partial charge >= 0.3 is 0 Å². The number of hydrogen-bond acceptors (Lipinski definition) is 2. The molecule has 0 amide bonds. The summed E-state index contributed by atoms with van der Waals surface area (Å²) < 4.78 is 0. The van der Waals surface area contributed by atoms with Gasteiger partial charge in [-0.1, -0.05) is 30.3 Å². The van der Waals surface area contributed by atoms with E-state index in [9.17, 15) is 4.79 Å². The quantitative estimate of drug-likeness (QED) is 0.707. The van der Waals surface area contributed by atoms with Gasteiger partial charge in [-0.15, -0.1) is 0 Å². The summed E-state index contributed by atoms with van der Waals surface area (Å²) in [4.78, 5) is 13.7. The van der Waals surface area contributed by atoms with Gasteiger partial charge in [0.15, 0.2) is 5.78 Å². The number of Topliss-reactive ketones (excluding diaryl/α,β-unsaturated/α-hetero) is 1. The van der Waals surface area contributed by atoms with Crippen molar-refractivity contribution in [2.75, 3.05) is 13.1 Å². The Bertz CT molecular complexity index is 364. The fourth-order valence-electron chi connectivity index (χ4n) is 1.58. The molecule has 0 aromatic heterocycles. The fraction of sp³-hybridized carbons (Fsp3) is 0.357. The number of carbonyl (C=O) groups is 1. The summed E-state index contributed by atoms with van der Waals surface area (Å²) in [5.74, 6) is 0.109. The highest BCUT2D eigenvalue weighted by Crippen LogP contribution is 2.15. The third-order valence-corrected chi connectivity index (χ3v) is 2.59. The third kappa shape index (κ3) is 3.23. The van der Waals surface area contributed by atoms with Crippen LogP contribution in [0.3, 0.4) is 0 Å². The molecular formula is C14H19NO. The Morgan fingerprint density at radius 2 is 1.75 bits per heavy atom. The van der Waals surface area contributed by atoms with Crippen LogP contribution in [0.15, 0.2) is 36.5 Å². The van der Waals surface area contributed by atoms with Gasteiger partial charge in [-0.25, -0.2) is 0 Å². The van der Waals surface area contributed by atoms with Crippen molar-refractivity contribution in [3.8, 4) is 0 Å². The highest BCUT2D eigenvalue weighted by molar-refractivity contribution is 6.19. The Kier molecular flexibility index (Phi) is 4.77. The summed E-state index contributed by atoms with van der Waals surface area (Å²) in [6.45, 7) is 7.62. The van der Waals surface area contributed by atoms with Crippen molar-refractivity contribution in [3.05, 3.63) is 42.1 Å². The van der Waals surface area contributed by atoms with Gasteiger partial charge < -0.3 is 4.90 Å². The predicted molar refractivity (Wildman–Crippen MR) is 68.0 cm³/mol. The summed E-state index contributed by atoms with van der Waals surface area (Å²) in [5.41, 5.74) is 1.77. The minimum absolute atomic E-state index is 0.109. The number of rotatable bonds is 5. The standard InChI is InChI=1S/C14H19NO/c1-4-15(5-2)11-14(12(3)16)13-9-7-6-8-10-13/h6-11H,4-5H2,1-3H3. The van der Waals surface area contributed by atoms with Gasteiger partial charge in [-0.2, -0.15) is 0 Å². The Morgan fingerprint density at radius 3 is 2.19 bits per heavy atom. The zero-order valence-electron chi connectivity index (χ0n) is 10.2. The molecular weight excluding hydrogens is 198 g/mol. The first-order valence-corrected chi connectivity index (χ1v) is 5.71. The average molecular weight is 217 g/mol. The van der Waals surface area contributed by atoms with E-state index in [2.05, 4.69) is 18.7 Å². The van der Waals surface area contributed by atoms with Crippen molar-refractivity contribution < 1.29 is 4.79 Å². The lowest BCUT2D eigenvalue weighted by atomic mass is 10.0. The second-order valence-corrected chi connectivity index (χ2v) is 3.69. The first kappa shape index (κ1) is 12.5. The Morgan fingerprint density at radius 1 is 1.19 bits per heavy atom. The van der Waals surface area contributed by atoms with E-state index in [4.69, 9.17) is 0 Å². The summed E-state index contributed by atoms with van der Waals surface area (Å²) in [6.07, 6.45) is 1.96. The first-order valence-electron chi connectivity index (χ1n) is 5.71. The highest BCUT2D eigenvalue weighted by atomic mass is 16.1. The van der Waals surface area contributed by atoms with E-state index in [-0.39, 0.29) is 5.78 Å². The maximum absolute atomic E-state index is 11.6. The molecule has 1 rings (SSSR count). The molecule has 16 heavy (non-hydrogen) atoms. The molecule has 0 N–H and O–H groups in total. The zero-order valence-corrected chi connectivity index (χ0v) is 10.2. The van der Waals surface area contributed by atoms with Crippen LogP contribution < -0.4 is 0 Å². The Labute approximate surface area is 97.6 Å². The Hall–Kier alpha value is -1.57. The van der Waals surface area contributed by atoms with E-state index in [1.807, 2.05) is 36.5 Å². The molecule has 0 aliphatic heterocycles. The van der Waals surface area contributed by atoms with Crippen LogP contribution in [0.5, 0.6) is 0 Å². The molecule has 0 radical (unpaired) electrons. The zero-order chi connectivity index (χ0) is 12.0. The first-order chi connectivity index (χ1) is 7.69. The van der Waals surface area contributed by atoms with Gasteiger partial charge in [0.2, 0.25) is 0 Å². The molecule has 0 aliphatic carbocycles. The van der Waals surface area contributed by atoms with E-state index < -0.39 is 0 Å². The second-order valence-electron chi connectivity index (χ2n) is 3.69. The molecule has 86 valence electrons. The molecule has 0 unspecified atom stereocenters. The number of ketones is 1. The maximum atomic E-state index is 11.6. The van der Waals surface area contributed by atoms with Crippen LogP contribution in [0.4, 0.5) is 0 Å². The lowest BCUT2D eigenvalue weighted by Gasteiger charge is -2.17. The summed E-state index contributed by atoms with van der Waals surface area (Å²) in [6, 6.07) is 9.80. The van der Waals surface area contributed by atoms with E-state index in [1.54, 1.807) is 6.92 Å². The lowest BCUT2D eigenvalue weighted by molar-refractivity contribution is -0.111. The van der Waals surface area contributed by atoms with Crippen molar-refractivity contribution in [1.82, 2.24) is 4.90 Å². The van der Waals surface area contributed by atoms with Crippen molar-refractivity contribution >= 4 is 11.4 Å². The summed E-state index contributed by atoms with van der Waals surface area (Å²) in [5, 5.41) is 0. The molecule has 1 aromatic carbocycles. The van der Waals surface area contributed by atoms with Gasteiger partial charge in [-0.3, -0.25) is 4.79 Å². The molecule has 0 heterocycles. The van der Waals surface area contributed by atoms with Crippen molar-refractivity contribution in [3.63, 3.8) is 0 Å². The van der Waals surface area contributed by atoms with E-state index >= 15 is 0 Å². The largest absolute Gasteiger partial charge is 0.377 e. The molecule has 0 saturated heterocycles. The second kappa shape index (κ2) is 6.11. The van der Waals surface area contributed by atoms with Crippen LogP contribution in [0.1, 0.15) is 26.3 Å².